The molecule has 21 heavy (non-hydrogen) atoms. The lowest BCUT2D eigenvalue weighted by molar-refractivity contribution is -0.137. The highest BCUT2D eigenvalue weighted by molar-refractivity contribution is 5.66. The second-order valence-corrected chi connectivity index (χ2v) is 5.99. The molecule has 0 aliphatic carbocycles. The highest BCUT2D eigenvalue weighted by atomic mass is 16.4. The van der Waals surface area contributed by atoms with Crippen LogP contribution in [-0.2, 0) is 4.79 Å². The molecule has 118 valence electrons. The van der Waals surface area contributed by atoms with Gasteiger partial charge in [-0.2, -0.15) is 0 Å². The summed E-state index contributed by atoms with van der Waals surface area (Å²) in [4.78, 5) is 12.9. The minimum absolute atomic E-state index is 0.281. The first kappa shape index (κ1) is 17.7. The molecule has 3 heteroatoms. The SMILES string of the molecule is C=C(C=CC(=C)CC1CCN(CCCC(=O)O)CC1)CC. The van der Waals surface area contributed by atoms with E-state index in [1.54, 1.807) is 0 Å². The van der Waals surface area contributed by atoms with E-state index >= 15 is 0 Å². The second kappa shape index (κ2) is 9.56. The molecule has 0 aromatic heterocycles. The van der Waals surface area contributed by atoms with Crippen molar-refractivity contribution < 1.29 is 9.90 Å². The van der Waals surface area contributed by atoms with Gasteiger partial charge in [0.25, 0.3) is 0 Å². The summed E-state index contributed by atoms with van der Waals surface area (Å²) in [6.45, 7) is 13.3. The number of allylic oxidation sites excluding steroid dienone is 4. The van der Waals surface area contributed by atoms with Crippen LogP contribution in [0.1, 0.15) is 45.4 Å². The fourth-order valence-corrected chi connectivity index (χ4v) is 2.66. The van der Waals surface area contributed by atoms with Crippen molar-refractivity contribution in [3.63, 3.8) is 0 Å². The highest BCUT2D eigenvalue weighted by Crippen LogP contribution is 2.24. The average molecular weight is 291 g/mol. The second-order valence-electron chi connectivity index (χ2n) is 5.99. The van der Waals surface area contributed by atoms with Crippen LogP contribution < -0.4 is 0 Å². The number of carbonyl (C=O) groups is 1. The van der Waals surface area contributed by atoms with E-state index in [1.165, 1.54) is 18.4 Å². The Morgan fingerprint density at radius 2 is 1.86 bits per heavy atom. The third-order valence-electron chi connectivity index (χ3n) is 4.13. The molecule has 0 amide bonds. The third-order valence-corrected chi connectivity index (χ3v) is 4.13. The Bertz CT molecular complexity index is 390. The molecule has 0 bridgehead atoms. The van der Waals surface area contributed by atoms with E-state index in [0.717, 1.165) is 44.5 Å². The molecule has 0 unspecified atom stereocenters. The fraction of sp³-hybridized carbons (Fsp3) is 0.611. The first-order chi connectivity index (χ1) is 10.0. The maximum absolute atomic E-state index is 10.5. The summed E-state index contributed by atoms with van der Waals surface area (Å²) < 4.78 is 0. The summed E-state index contributed by atoms with van der Waals surface area (Å²) in [7, 11) is 0. The fourth-order valence-electron chi connectivity index (χ4n) is 2.66. The van der Waals surface area contributed by atoms with Gasteiger partial charge in [-0.15, -0.1) is 0 Å². The van der Waals surface area contributed by atoms with Gasteiger partial charge < -0.3 is 10.0 Å². The van der Waals surface area contributed by atoms with Crippen molar-refractivity contribution >= 4 is 5.97 Å². The number of aliphatic carboxylic acids is 1. The zero-order valence-corrected chi connectivity index (χ0v) is 13.3. The Morgan fingerprint density at radius 1 is 1.24 bits per heavy atom. The zero-order valence-electron chi connectivity index (χ0n) is 13.3. The summed E-state index contributed by atoms with van der Waals surface area (Å²) in [5, 5.41) is 8.65. The highest BCUT2D eigenvalue weighted by Gasteiger charge is 2.19. The van der Waals surface area contributed by atoms with Crippen LogP contribution in [-0.4, -0.2) is 35.6 Å². The first-order valence-electron chi connectivity index (χ1n) is 7.99. The minimum Gasteiger partial charge on any atom is -0.481 e. The quantitative estimate of drug-likeness (QED) is 0.652. The molecule has 1 aliphatic rings. The molecule has 0 atom stereocenters. The van der Waals surface area contributed by atoms with Gasteiger partial charge in [0.1, 0.15) is 0 Å². The molecule has 0 aromatic carbocycles. The molecule has 0 spiro atoms. The van der Waals surface area contributed by atoms with Crippen LogP contribution in [0, 0.1) is 5.92 Å². The summed E-state index contributed by atoms with van der Waals surface area (Å²) >= 11 is 0. The van der Waals surface area contributed by atoms with Gasteiger partial charge in [0.2, 0.25) is 0 Å². The van der Waals surface area contributed by atoms with Gasteiger partial charge >= 0.3 is 5.97 Å². The Kier molecular flexibility index (Phi) is 8.06. The van der Waals surface area contributed by atoms with E-state index in [0.29, 0.717) is 5.92 Å². The molecule has 1 heterocycles. The van der Waals surface area contributed by atoms with Crippen LogP contribution in [0.3, 0.4) is 0 Å². The number of likely N-dealkylation sites (tertiary alicyclic amines) is 1. The summed E-state index contributed by atoms with van der Waals surface area (Å²) in [6.07, 6.45) is 9.64. The van der Waals surface area contributed by atoms with Crippen molar-refractivity contribution in [2.45, 2.75) is 45.4 Å². The molecule has 1 saturated heterocycles. The van der Waals surface area contributed by atoms with Crippen LogP contribution in [0.4, 0.5) is 0 Å². The zero-order chi connectivity index (χ0) is 15.7. The summed E-state index contributed by atoms with van der Waals surface area (Å²) in [5.41, 5.74) is 2.33. The van der Waals surface area contributed by atoms with Crippen molar-refractivity contribution in [1.82, 2.24) is 4.90 Å². The number of rotatable bonds is 9. The van der Waals surface area contributed by atoms with Crippen molar-refractivity contribution in [3.05, 3.63) is 36.5 Å². The number of hydrogen-bond acceptors (Lipinski definition) is 2. The van der Waals surface area contributed by atoms with Gasteiger partial charge in [-0.3, -0.25) is 4.79 Å². The molecule has 1 N–H and O–H groups in total. The van der Waals surface area contributed by atoms with Crippen molar-refractivity contribution in [3.8, 4) is 0 Å². The normalized spacial score (nSPS) is 17.2. The number of nitrogens with zero attached hydrogens (tertiary/aromatic N) is 1. The molecule has 0 saturated carbocycles. The molecule has 0 aromatic rings. The van der Waals surface area contributed by atoms with Gasteiger partial charge in [0.15, 0.2) is 0 Å². The Balaban J connectivity index is 2.21. The summed E-state index contributed by atoms with van der Waals surface area (Å²) in [6, 6.07) is 0. The smallest absolute Gasteiger partial charge is 0.303 e. The van der Waals surface area contributed by atoms with E-state index in [9.17, 15) is 4.79 Å². The van der Waals surface area contributed by atoms with Gasteiger partial charge in [-0.1, -0.05) is 43.4 Å². The van der Waals surface area contributed by atoms with Gasteiger partial charge in [0.05, 0.1) is 0 Å². The average Bonchev–Trinajstić information content (AvgIpc) is 2.46. The lowest BCUT2D eigenvalue weighted by atomic mass is 9.90. The molecular formula is C18H29NO2. The van der Waals surface area contributed by atoms with Crippen molar-refractivity contribution in [1.29, 1.82) is 0 Å². The molecule has 1 rings (SSSR count). The molecule has 0 radical (unpaired) electrons. The first-order valence-corrected chi connectivity index (χ1v) is 7.99. The predicted octanol–water partition coefficient (Wildman–Crippen LogP) is 4.03. The van der Waals surface area contributed by atoms with E-state index in [1.807, 2.05) is 0 Å². The van der Waals surface area contributed by atoms with Crippen LogP contribution >= 0.6 is 0 Å². The number of carboxylic acid groups (broad SMARTS) is 1. The Morgan fingerprint density at radius 3 is 2.43 bits per heavy atom. The van der Waals surface area contributed by atoms with Crippen molar-refractivity contribution in [2.75, 3.05) is 19.6 Å². The molecular weight excluding hydrogens is 262 g/mol. The topological polar surface area (TPSA) is 40.5 Å². The van der Waals surface area contributed by atoms with Crippen LogP contribution in [0.2, 0.25) is 0 Å². The van der Waals surface area contributed by atoms with E-state index in [4.69, 9.17) is 5.11 Å². The number of hydrogen-bond donors (Lipinski definition) is 1. The maximum atomic E-state index is 10.5. The predicted molar refractivity (Wildman–Crippen MR) is 88.4 cm³/mol. The Labute approximate surface area is 129 Å². The molecule has 1 fully saturated rings. The van der Waals surface area contributed by atoms with E-state index in [2.05, 4.69) is 37.1 Å². The Hall–Kier alpha value is -1.35. The molecule has 1 aliphatic heterocycles. The molecule has 3 nitrogen and oxygen atoms in total. The summed E-state index contributed by atoms with van der Waals surface area (Å²) in [5.74, 6) is 0.0226. The van der Waals surface area contributed by atoms with Crippen LogP contribution in [0.15, 0.2) is 36.5 Å². The van der Waals surface area contributed by atoms with E-state index in [-0.39, 0.29) is 6.42 Å². The largest absolute Gasteiger partial charge is 0.481 e. The number of carboxylic acids is 1. The monoisotopic (exact) mass is 291 g/mol. The van der Waals surface area contributed by atoms with Crippen molar-refractivity contribution in [2.24, 2.45) is 5.92 Å². The minimum atomic E-state index is -0.693. The lowest BCUT2D eigenvalue weighted by Crippen LogP contribution is -2.34. The third kappa shape index (κ3) is 7.86. The lowest BCUT2D eigenvalue weighted by Gasteiger charge is -2.32. The maximum Gasteiger partial charge on any atom is 0.303 e. The van der Waals surface area contributed by atoms with Gasteiger partial charge in [-0.25, -0.2) is 0 Å². The standard InChI is InChI=1S/C18H29NO2/c1-4-15(2)7-8-16(3)14-17-9-12-19(13-10-17)11-5-6-18(20)21/h7-8,17H,2-6,9-14H2,1H3,(H,20,21). The number of piperidine rings is 1. The van der Waals surface area contributed by atoms with Gasteiger partial charge in [-0.05, 0) is 57.7 Å². The van der Waals surface area contributed by atoms with Crippen LogP contribution in [0.5, 0.6) is 0 Å². The van der Waals surface area contributed by atoms with Crippen LogP contribution in [0.25, 0.3) is 0 Å². The van der Waals surface area contributed by atoms with Gasteiger partial charge in [0, 0.05) is 6.42 Å². The van der Waals surface area contributed by atoms with E-state index < -0.39 is 5.97 Å².